The quantitative estimate of drug-likeness (QED) is 0.504. The van der Waals surface area contributed by atoms with E-state index in [9.17, 15) is 0 Å². The van der Waals surface area contributed by atoms with Crippen LogP contribution >= 0.6 is 23.5 Å². The smallest absolute Gasteiger partial charge is 0.258 e. The van der Waals surface area contributed by atoms with E-state index in [0.717, 1.165) is 11.1 Å². The predicted octanol–water partition coefficient (Wildman–Crippen LogP) is 3.44. The molecule has 3 aromatic heterocycles. The lowest BCUT2D eigenvalue weighted by atomic mass is 10.2. The highest BCUT2D eigenvalue weighted by Crippen LogP contribution is 2.22. The van der Waals surface area contributed by atoms with E-state index in [2.05, 4.69) is 30.2 Å². The van der Waals surface area contributed by atoms with E-state index >= 15 is 0 Å². The fourth-order valence-electron chi connectivity index (χ4n) is 2.22. The summed E-state index contributed by atoms with van der Waals surface area (Å²) in [5, 5.41) is 12.6. The van der Waals surface area contributed by atoms with Crippen molar-refractivity contribution in [3.8, 4) is 22.8 Å². The average molecular weight is 386 g/mol. The monoisotopic (exact) mass is 385 g/mol. The highest BCUT2D eigenvalue weighted by atomic mass is 35.5. The van der Waals surface area contributed by atoms with Gasteiger partial charge in [-0.25, -0.2) is 4.68 Å². The van der Waals surface area contributed by atoms with Crippen LogP contribution in [0.5, 0.6) is 0 Å². The Kier molecular flexibility index (Phi) is 4.80. The molecule has 1 aromatic carbocycles. The Morgan fingerprint density at radius 2 is 2.04 bits per heavy atom. The van der Waals surface area contributed by atoms with Crippen LogP contribution < -0.4 is 4.83 Å². The molecular weight excluding hydrogens is 374 g/mol. The second-order valence-corrected chi connectivity index (χ2v) is 6.36. The maximum Gasteiger partial charge on any atom is 0.258 e. The molecule has 0 unspecified atom stereocenters. The second-order valence-electron chi connectivity index (χ2n) is 5.17. The van der Waals surface area contributed by atoms with Crippen molar-refractivity contribution in [2.45, 2.75) is 5.75 Å². The maximum absolute atomic E-state index is 5.99. The van der Waals surface area contributed by atoms with Gasteiger partial charge < -0.3 is 4.52 Å². The number of benzene rings is 1. The number of nitrogens with zero attached hydrogens (tertiary/aromatic N) is 6. The van der Waals surface area contributed by atoms with Gasteiger partial charge in [0.2, 0.25) is 0 Å². The van der Waals surface area contributed by atoms with Crippen LogP contribution in [0.1, 0.15) is 5.82 Å². The van der Waals surface area contributed by atoms with E-state index in [1.807, 2.05) is 24.3 Å². The molecule has 1 N–H and O–H groups in total. The highest BCUT2D eigenvalue weighted by molar-refractivity contribution is 7.99. The van der Waals surface area contributed by atoms with E-state index in [1.165, 1.54) is 11.9 Å². The third-order valence-corrected chi connectivity index (χ3v) is 4.35. The number of hydrogen-bond donors (Lipinski definition) is 1. The van der Waals surface area contributed by atoms with Crippen LogP contribution in [0.25, 0.3) is 22.8 Å². The summed E-state index contributed by atoms with van der Waals surface area (Å²) in [4.78, 5) is 11.5. The van der Waals surface area contributed by atoms with E-state index in [4.69, 9.17) is 16.1 Å². The molecule has 0 aliphatic rings. The Balaban J connectivity index is 1.40. The molecule has 0 saturated carbocycles. The second kappa shape index (κ2) is 7.54. The Hall–Kier alpha value is -2.91. The summed E-state index contributed by atoms with van der Waals surface area (Å²) < 4.78 is 7.01. The molecule has 8 nitrogen and oxygen atoms in total. The zero-order valence-electron chi connectivity index (χ0n) is 13.3. The van der Waals surface area contributed by atoms with Crippen LogP contribution in [0, 0.1) is 0 Å². The van der Waals surface area contributed by atoms with Crippen molar-refractivity contribution in [3.63, 3.8) is 0 Å². The average Bonchev–Trinajstić information content (AvgIpc) is 3.32. The van der Waals surface area contributed by atoms with Gasteiger partial charge in [-0.2, -0.15) is 4.98 Å². The largest absolute Gasteiger partial charge is 0.334 e. The molecule has 3 heterocycles. The lowest BCUT2D eigenvalue weighted by molar-refractivity contribution is 0.425. The molecule has 10 heteroatoms. The molecule has 0 fully saturated rings. The molecule has 4 aromatic rings. The molecule has 0 aliphatic carbocycles. The van der Waals surface area contributed by atoms with Crippen LogP contribution in [0.3, 0.4) is 0 Å². The van der Waals surface area contributed by atoms with Gasteiger partial charge in [0.1, 0.15) is 6.33 Å². The Morgan fingerprint density at radius 1 is 1.15 bits per heavy atom. The predicted molar refractivity (Wildman–Crippen MR) is 98.7 cm³/mol. The molecule has 4 rings (SSSR count). The van der Waals surface area contributed by atoms with E-state index in [1.54, 1.807) is 35.5 Å². The zero-order chi connectivity index (χ0) is 17.8. The van der Waals surface area contributed by atoms with Gasteiger partial charge in [-0.15, -0.1) is 10.2 Å². The number of hydrogen-bond acceptors (Lipinski definition) is 8. The van der Waals surface area contributed by atoms with Crippen molar-refractivity contribution in [2.24, 2.45) is 0 Å². The number of pyridine rings is 1. The van der Waals surface area contributed by atoms with Gasteiger partial charge in [0.05, 0.1) is 5.75 Å². The minimum atomic E-state index is 0.435. The minimum Gasteiger partial charge on any atom is -0.334 e. The van der Waals surface area contributed by atoms with Gasteiger partial charge in [-0.1, -0.05) is 22.8 Å². The van der Waals surface area contributed by atoms with Crippen LogP contribution in [0.15, 0.2) is 59.6 Å². The zero-order valence-corrected chi connectivity index (χ0v) is 14.9. The Morgan fingerprint density at radius 3 is 2.88 bits per heavy atom. The number of rotatable bonds is 6. The van der Waals surface area contributed by atoms with Gasteiger partial charge in [0.25, 0.3) is 5.89 Å². The molecule has 0 spiro atoms. The summed E-state index contributed by atoms with van der Waals surface area (Å²) >= 11 is 7.38. The van der Waals surface area contributed by atoms with Gasteiger partial charge in [0.15, 0.2) is 11.6 Å². The van der Waals surface area contributed by atoms with Crippen LogP contribution in [-0.4, -0.2) is 30.0 Å². The first-order valence-corrected chi connectivity index (χ1v) is 8.93. The molecule has 26 heavy (non-hydrogen) atoms. The first-order chi connectivity index (χ1) is 12.8. The summed E-state index contributed by atoms with van der Waals surface area (Å²) in [5.41, 5.74) is 1.70. The molecule has 0 atom stereocenters. The van der Waals surface area contributed by atoms with Crippen LogP contribution in [-0.2, 0) is 5.75 Å². The third-order valence-electron chi connectivity index (χ3n) is 3.39. The molecule has 0 radical (unpaired) electrons. The van der Waals surface area contributed by atoms with Crippen molar-refractivity contribution in [1.82, 2.24) is 30.0 Å². The van der Waals surface area contributed by atoms with Crippen molar-refractivity contribution in [3.05, 3.63) is 66.0 Å². The summed E-state index contributed by atoms with van der Waals surface area (Å²) in [7, 11) is 0. The number of aromatic nitrogens is 6. The highest BCUT2D eigenvalue weighted by Gasteiger charge is 2.11. The van der Waals surface area contributed by atoms with E-state index in [-0.39, 0.29) is 0 Å². The minimum absolute atomic E-state index is 0.435. The van der Waals surface area contributed by atoms with Crippen molar-refractivity contribution < 1.29 is 4.52 Å². The lowest BCUT2D eigenvalue weighted by Gasteiger charge is -2.07. The van der Waals surface area contributed by atoms with Crippen molar-refractivity contribution in [1.29, 1.82) is 0 Å². The normalized spacial score (nSPS) is 10.8. The van der Waals surface area contributed by atoms with E-state index < -0.39 is 0 Å². The first kappa shape index (κ1) is 16.6. The van der Waals surface area contributed by atoms with Gasteiger partial charge >= 0.3 is 0 Å². The standard InChI is InChI=1S/C16H12ClN7OS/c17-13-3-1-2-12(8-13)16-20-14(22-25-16)9-26-23-24-10-19-21-15(24)11-4-6-18-7-5-11/h1-8,10,23H,9H2. The molecule has 0 bridgehead atoms. The van der Waals surface area contributed by atoms with E-state index in [0.29, 0.717) is 28.3 Å². The van der Waals surface area contributed by atoms with Gasteiger partial charge in [-0.05, 0) is 42.3 Å². The first-order valence-electron chi connectivity index (χ1n) is 7.56. The van der Waals surface area contributed by atoms with Gasteiger partial charge in [0, 0.05) is 28.5 Å². The van der Waals surface area contributed by atoms with Crippen molar-refractivity contribution in [2.75, 3.05) is 4.83 Å². The Labute approximate surface area is 157 Å². The van der Waals surface area contributed by atoms with Gasteiger partial charge in [-0.3, -0.25) is 9.82 Å². The topological polar surface area (TPSA) is 94.6 Å². The SMILES string of the molecule is Clc1cccc(-c2nc(CSNn3cnnc3-c3ccncc3)no2)c1. The molecular formula is C16H12ClN7OS. The fourth-order valence-corrected chi connectivity index (χ4v) is 2.99. The molecule has 0 aliphatic heterocycles. The summed E-state index contributed by atoms with van der Waals surface area (Å²) in [6.45, 7) is 0. The number of halogens is 1. The van der Waals surface area contributed by atoms with Crippen LogP contribution in [0.4, 0.5) is 0 Å². The molecule has 0 saturated heterocycles. The van der Waals surface area contributed by atoms with Crippen molar-refractivity contribution >= 4 is 23.5 Å². The fraction of sp³-hybridized carbons (Fsp3) is 0.0625. The van der Waals surface area contributed by atoms with Crippen LogP contribution in [0.2, 0.25) is 5.02 Å². The summed E-state index contributed by atoms with van der Waals surface area (Å²) in [5.74, 6) is 2.19. The third kappa shape index (κ3) is 3.68. The maximum atomic E-state index is 5.99. The molecule has 0 amide bonds. The molecule has 130 valence electrons. The summed E-state index contributed by atoms with van der Waals surface area (Å²) in [6.07, 6.45) is 5.01. The Bertz CT molecular complexity index is 1000. The summed E-state index contributed by atoms with van der Waals surface area (Å²) in [6, 6.07) is 11.0. The number of nitrogens with one attached hydrogen (secondary N) is 1. The lowest BCUT2D eigenvalue weighted by Crippen LogP contribution is -2.08.